The van der Waals surface area contributed by atoms with Crippen LogP contribution in [0.15, 0.2) is 54.9 Å². The van der Waals surface area contributed by atoms with Crippen LogP contribution in [0.25, 0.3) is 10.9 Å². The van der Waals surface area contributed by atoms with Crippen molar-refractivity contribution >= 4 is 16.8 Å². The van der Waals surface area contributed by atoms with E-state index in [0.717, 1.165) is 10.9 Å². The molecule has 1 unspecified atom stereocenters. The highest BCUT2D eigenvalue weighted by Gasteiger charge is 2.13. The van der Waals surface area contributed by atoms with Crippen LogP contribution in [0.3, 0.4) is 0 Å². The molecular weight excluding hydrogens is 266 g/mol. The van der Waals surface area contributed by atoms with E-state index < -0.39 is 5.91 Å². The molecule has 0 radical (unpaired) electrons. The van der Waals surface area contributed by atoms with Gasteiger partial charge in [0.15, 0.2) is 0 Å². The van der Waals surface area contributed by atoms with Crippen LogP contribution in [0.2, 0.25) is 0 Å². The fourth-order valence-electron chi connectivity index (χ4n) is 2.46. The number of nitrogens with one attached hydrogen (secondary N) is 1. The average molecular weight is 281 g/mol. The second-order valence-electron chi connectivity index (χ2n) is 4.88. The predicted octanol–water partition coefficient (Wildman–Crippen LogP) is 2.76. The van der Waals surface area contributed by atoms with Crippen LogP contribution in [0.1, 0.15) is 29.0 Å². The summed E-state index contributed by atoms with van der Waals surface area (Å²) in [5.41, 5.74) is 3.88. The molecule has 0 aliphatic carbocycles. The van der Waals surface area contributed by atoms with Gasteiger partial charge in [-0.05, 0) is 24.6 Å². The number of rotatable bonds is 3. The normalized spacial score (nSPS) is 12.3. The molecule has 2 N–H and O–H groups in total. The minimum Gasteiger partial charge on any atom is -0.340 e. The van der Waals surface area contributed by atoms with Crippen LogP contribution < -0.4 is 5.48 Å². The molecule has 5 nitrogen and oxygen atoms in total. The highest BCUT2D eigenvalue weighted by molar-refractivity contribution is 5.95. The first kappa shape index (κ1) is 13.3. The first-order chi connectivity index (χ1) is 10.2. The van der Waals surface area contributed by atoms with Gasteiger partial charge in [0.05, 0.1) is 11.6 Å². The number of hydrogen-bond acceptors (Lipinski definition) is 3. The van der Waals surface area contributed by atoms with Crippen LogP contribution in [0.4, 0.5) is 0 Å². The van der Waals surface area contributed by atoms with Gasteiger partial charge in [-0.2, -0.15) is 0 Å². The molecule has 0 saturated carbocycles. The highest BCUT2D eigenvalue weighted by Crippen LogP contribution is 2.24. The molecule has 21 heavy (non-hydrogen) atoms. The molecule has 0 bridgehead atoms. The molecule has 0 aliphatic heterocycles. The summed E-state index contributed by atoms with van der Waals surface area (Å²) in [7, 11) is 0. The first-order valence-corrected chi connectivity index (χ1v) is 6.66. The van der Waals surface area contributed by atoms with Crippen molar-refractivity contribution in [2.75, 3.05) is 0 Å². The van der Waals surface area contributed by atoms with Crippen molar-refractivity contribution in [2.45, 2.75) is 13.0 Å². The minimum absolute atomic E-state index is 0.135. The zero-order chi connectivity index (χ0) is 14.8. The zero-order valence-electron chi connectivity index (χ0n) is 11.5. The Balaban J connectivity index is 2.08. The topological polar surface area (TPSA) is 67.2 Å². The van der Waals surface area contributed by atoms with Gasteiger partial charge < -0.3 is 4.57 Å². The third kappa shape index (κ3) is 2.39. The smallest absolute Gasteiger partial charge is 0.293 e. The second-order valence-corrected chi connectivity index (χ2v) is 4.88. The van der Waals surface area contributed by atoms with E-state index in [0.29, 0.717) is 0 Å². The maximum atomic E-state index is 11.5. The molecule has 1 aromatic carbocycles. The van der Waals surface area contributed by atoms with Crippen LogP contribution >= 0.6 is 0 Å². The van der Waals surface area contributed by atoms with Crippen LogP contribution in [-0.4, -0.2) is 20.7 Å². The number of pyridine rings is 1. The molecule has 3 rings (SSSR count). The van der Waals surface area contributed by atoms with Gasteiger partial charge in [0.1, 0.15) is 5.69 Å². The molecular formula is C16H15N3O2. The zero-order valence-corrected chi connectivity index (χ0v) is 11.5. The lowest BCUT2D eigenvalue weighted by Gasteiger charge is -2.16. The van der Waals surface area contributed by atoms with Crippen molar-refractivity contribution in [1.82, 2.24) is 15.0 Å². The van der Waals surface area contributed by atoms with E-state index in [2.05, 4.69) is 28.6 Å². The van der Waals surface area contributed by atoms with E-state index >= 15 is 0 Å². The van der Waals surface area contributed by atoms with E-state index in [9.17, 15) is 4.79 Å². The molecule has 1 amide bonds. The average Bonchev–Trinajstić information content (AvgIpc) is 2.97. The van der Waals surface area contributed by atoms with Crippen molar-refractivity contribution in [1.29, 1.82) is 0 Å². The van der Waals surface area contributed by atoms with Crippen LogP contribution in [0.5, 0.6) is 0 Å². The van der Waals surface area contributed by atoms with Crippen molar-refractivity contribution in [3.63, 3.8) is 0 Å². The van der Waals surface area contributed by atoms with Crippen molar-refractivity contribution in [2.24, 2.45) is 0 Å². The van der Waals surface area contributed by atoms with E-state index in [1.54, 1.807) is 17.7 Å². The maximum Gasteiger partial charge on any atom is 0.293 e. The number of benzene rings is 1. The van der Waals surface area contributed by atoms with E-state index in [4.69, 9.17) is 5.21 Å². The number of hydrogen-bond donors (Lipinski definition) is 2. The first-order valence-electron chi connectivity index (χ1n) is 6.66. The van der Waals surface area contributed by atoms with Crippen LogP contribution in [0, 0.1) is 0 Å². The van der Waals surface area contributed by atoms with Gasteiger partial charge in [-0.15, -0.1) is 0 Å². The third-order valence-electron chi connectivity index (χ3n) is 3.64. The molecule has 0 aliphatic rings. The van der Waals surface area contributed by atoms with Crippen molar-refractivity contribution < 1.29 is 10.0 Å². The third-order valence-corrected chi connectivity index (χ3v) is 3.64. The molecule has 2 aromatic heterocycles. The summed E-state index contributed by atoms with van der Waals surface area (Å²) in [6, 6.07) is 13.9. The summed E-state index contributed by atoms with van der Waals surface area (Å²) < 4.78 is 2.08. The maximum absolute atomic E-state index is 11.5. The Bertz CT molecular complexity index is 781. The van der Waals surface area contributed by atoms with Gasteiger partial charge in [0, 0.05) is 17.8 Å². The summed E-state index contributed by atoms with van der Waals surface area (Å²) in [5, 5.41) is 9.67. The molecule has 1 atom stereocenters. The molecule has 3 aromatic rings. The molecule has 0 spiro atoms. The fourth-order valence-corrected chi connectivity index (χ4v) is 2.46. The summed E-state index contributed by atoms with van der Waals surface area (Å²) >= 11 is 0. The standard InChI is InChI=1S/C16H15N3O2/c1-11(12-5-3-2-4-6-12)19-8-7-13-10-17-14(9-15(13)19)16(20)18-21/h2-11,21H,1H3,(H,18,20). The number of fused-ring (bicyclic) bond motifs is 1. The number of hydroxylamine groups is 1. The summed E-state index contributed by atoms with van der Waals surface area (Å²) in [6.07, 6.45) is 3.61. The van der Waals surface area contributed by atoms with Gasteiger partial charge >= 0.3 is 0 Å². The number of amides is 1. The van der Waals surface area contributed by atoms with Crippen molar-refractivity contribution in [3.8, 4) is 0 Å². The van der Waals surface area contributed by atoms with Crippen LogP contribution in [-0.2, 0) is 0 Å². The van der Waals surface area contributed by atoms with Gasteiger partial charge in [0.25, 0.3) is 5.91 Å². The Morgan fingerprint density at radius 2 is 2.05 bits per heavy atom. The quantitative estimate of drug-likeness (QED) is 0.573. The lowest BCUT2D eigenvalue weighted by Crippen LogP contribution is -2.20. The summed E-state index contributed by atoms with van der Waals surface area (Å²) in [5.74, 6) is -0.614. The second kappa shape index (κ2) is 5.38. The van der Waals surface area contributed by atoms with Gasteiger partial charge in [-0.25, -0.2) is 5.48 Å². The SMILES string of the molecule is CC(c1ccccc1)n1ccc2cnc(C(=O)NO)cc21. The largest absolute Gasteiger partial charge is 0.340 e. The number of nitrogens with zero attached hydrogens (tertiary/aromatic N) is 2. The molecule has 0 saturated heterocycles. The Labute approximate surface area is 121 Å². The number of carbonyl (C=O) groups excluding carboxylic acids is 1. The van der Waals surface area contributed by atoms with Gasteiger partial charge in [-0.3, -0.25) is 15.0 Å². The summed E-state index contributed by atoms with van der Waals surface area (Å²) in [6.45, 7) is 2.10. The fraction of sp³-hybridized carbons (Fsp3) is 0.125. The van der Waals surface area contributed by atoms with E-state index in [-0.39, 0.29) is 11.7 Å². The van der Waals surface area contributed by atoms with E-state index in [1.165, 1.54) is 5.56 Å². The van der Waals surface area contributed by atoms with Gasteiger partial charge in [0.2, 0.25) is 0 Å². The Morgan fingerprint density at radius 3 is 2.76 bits per heavy atom. The van der Waals surface area contributed by atoms with Crippen molar-refractivity contribution in [3.05, 3.63) is 66.1 Å². The molecule has 106 valence electrons. The Kier molecular flexibility index (Phi) is 3.41. The lowest BCUT2D eigenvalue weighted by molar-refractivity contribution is 0.0701. The van der Waals surface area contributed by atoms with Gasteiger partial charge in [-0.1, -0.05) is 30.3 Å². The van der Waals surface area contributed by atoms with E-state index in [1.807, 2.05) is 30.5 Å². The molecule has 5 heteroatoms. The highest BCUT2D eigenvalue weighted by atomic mass is 16.5. The molecule has 0 fully saturated rings. The lowest BCUT2D eigenvalue weighted by atomic mass is 10.1. The monoisotopic (exact) mass is 281 g/mol. The Morgan fingerprint density at radius 1 is 1.29 bits per heavy atom. The number of carbonyl (C=O) groups is 1. The summed E-state index contributed by atoms with van der Waals surface area (Å²) in [4.78, 5) is 15.5. The Hall–Kier alpha value is -2.66. The number of aromatic nitrogens is 2. The minimum atomic E-state index is -0.614. The predicted molar refractivity (Wildman–Crippen MR) is 79.2 cm³/mol. The molecule has 2 heterocycles.